The number of anilines is 1. The molecule has 0 saturated carbocycles. The van der Waals surface area contributed by atoms with Gasteiger partial charge >= 0.3 is 0 Å². The van der Waals surface area contributed by atoms with Crippen LogP contribution in [0.2, 0.25) is 0 Å². The molecule has 2 aromatic rings. The van der Waals surface area contributed by atoms with Gasteiger partial charge in [-0.25, -0.2) is 8.42 Å². The van der Waals surface area contributed by atoms with E-state index in [0.29, 0.717) is 36.4 Å². The number of para-hydroxylation sites is 1. The van der Waals surface area contributed by atoms with Crippen molar-refractivity contribution < 1.29 is 17.9 Å². The number of fused-ring (bicyclic) bond motifs is 1. The minimum atomic E-state index is -4.01. The first-order valence-electron chi connectivity index (χ1n) is 10.2. The molecular formula is C23H28N2O4S. The van der Waals surface area contributed by atoms with Gasteiger partial charge in [0.15, 0.2) is 4.91 Å². The second-order valence-electron chi connectivity index (χ2n) is 7.29. The predicted octanol–water partition coefficient (Wildman–Crippen LogP) is 3.55. The minimum absolute atomic E-state index is 0.112. The molecule has 0 spiro atoms. The van der Waals surface area contributed by atoms with E-state index >= 15 is 0 Å². The first kappa shape index (κ1) is 22.1. The normalized spacial score (nSPS) is 15.3. The van der Waals surface area contributed by atoms with E-state index in [9.17, 15) is 13.2 Å². The van der Waals surface area contributed by atoms with Crippen LogP contribution in [-0.2, 0) is 19.6 Å². The van der Waals surface area contributed by atoms with Crippen LogP contribution in [0, 0.1) is 0 Å². The number of hydrogen-bond donors (Lipinski definition) is 1. The summed E-state index contributed by atoms with van der Waals surface area (Å²) in [5, 5.41) is 2.77. The first-order valence-corrected chi connectivity index (χ1v) is 11.6. The number of nitrogens with one attached hydrogen (secondary N) is 1. The lowest BCUT2D eigenvalue weighted by Crippen LogP contribution is -2.41. The van der Waals surface area contributed by atoms with Crippen LogP contribution in [0.3, 0.4) is 0 Å². The molecule has 2 aromatic carbocycles. The van der Waals surface area contributed by atoms with Crippen LogP contribution in [0.15, 0.2) is 59.5 Å². The van der Waals surface area contributed by atoms with Gasteiger partial charge in [0.1, 0.15) is 0 Å². The van der Waals surface area contributed by atoms with E-state index < -0.39 is 15.9 Å². The molecule has 0 aromatic heterocycles. The maximum absolute atomic E-state index is 13.5. The van der Waals surface area contributed by atoms with Crippen molar-refractivity contribution in [1.82, 2.24) is 5.32 Å². The van der Waals surface area contributed by atoms with Crippen molar-refractivity contribution in [3.8, 4) is 0 Å². The van der Waals surface area contributed by atoms with Gasteiger partial charge in [0.2, 0.25) is 0 Å². The number of carbonyl (C=O) groups is 1. The summed E-state index contributed by atoms with van der Waals surface area (Å²) in [6.45, 7) is 6.72. The van der Waals surface area contributed by atoms with Crippen LogP contribution in [0.25, 0.3) is 5.57 Å². The molecule has 1 N–H and O–H groups in total. The lowest BCUT2D eigenvalue weighted by atomic mass is 9.95. The smallest absolute Gasteiger partial charge is 0.270 e. The number of carbonyl (C=O) groups excluding carboxylic acids is 1. The lowest BCUT2D eigenvalue weighted by Gasteiger charge is -2.32. The van der Waals surface area contributed by atoms with Gasteiger partial charge in [-0.15, -0.1) is 0 Å². The van der Waals surface area contributed by atoms with E-state index in [1.54, 1.807) is 19.1 Å². The monoisotopic (exact) mass is 428 g/mol. The van der Waals surface area contributed by atoms with Crippen LogP contribution in [0.5, 0.6) is 0 Å². The topological polar surface area (TPSA) is 75.7 Å². The Balaban J connectivity index is 2.06. The average molecular weight is 429 g/mol. The van der Waals surface area contributed by atoms with Gasteiger partial charge in [-0.3, -0.25) is 9.10 Å². The van der Waals surface area contributed by atoms with Crippen LogP contribution < -0.4 is 9.62 Å². The van der Waals surface area contributed by atoms with Gasteiger partial charge in [0, 0.05) is 30.8 Å². The van der Waals surface area contributed by atoms with Gasteiger partial charge < -0.3 is 10.1 Å². The molecule has 1 aliphatic heterocycles. The number of rotatable bonds is 8. The average Bonchev–Trinajstić information content (AvgIpc) is 2.72. The van der Waals surface area contributed by atoms with Crippen LogP contribution in [0.1, 0.15) is 38.3 Å². The highest BCUT2D eigenvalue weighted by Gasteiger charge is 2.40. The highest BCUT2D eigenvalue weighted by molar-refractivity contribution is 7.97. The number of ether oxygens (including phenoxy) is 1. The maximum atomic E-state index is 13.5. The molecule has 0 unspecified atom stereocenters. The standard InChI is InChI=1S/C23H28N2O4S/c1-4-25-20-14-9-8-13-19(20)21(18-11-6-5-7-12-18)22(30(25,27)28)23(26)24-15-10-16-29-17(2)3/h5-9,11-14,17H,4,10,15-16H2,1-3H3,(H,24,26). The molecule has 1 aliphatic rings. The van der Waals surface area contributed by atoms with Gasteiger partial charge in [0.25, 0.3) is 15.9 Å². The van der Waals surface area contributed by atoms with Crippen LogP contribution in [-0.4, -0.2) is 40.1 Å². The molecule has 0 radical (unpaired) electrons. The summed E-state index contributed by atoms with van der Waals surface area (Å²) in [4.78, 5) is 12.9. The van der Waals surface area contributed by atoms with E-state index in [4.69, 9.17) is 4.74 Å². The molecule has 160 valence electrons. The molecular weight excluding hydrogens is 400 g/mol. The summed E-state index contributed by atoms with van der Waals surface area (Å²) < 4.78 is 33.8. The zero-order valence-electron chi connectivity index (χ0n) is 17.6. The van der Waals surface area contributed by atoms with Gasteiger partial charge in [-0.05, 0) is 38.8 Å². The van der Waals surface area contributed by atoms with Crippen LogP contribution in [0.4, 0.5) is 5.69 Å². The van der Waals surface area contributed by atoms with Crippen molar-refractivity contribution in [3.05, 3.63) is 70.6 Å². The Kier molecular flexibility index (Phi) is 6.95. The number of sulfonamides is 1. The predicted molar refractivity (Wildman–Crippen MR) is 120 cm³/mol. The summed E-state index contributed by atoms with van der Waals surface area (Å²) in [6.07, 6.45) is 0.716. The third-order valence-electron chi connectivity index (χ3n) is 4.83. The van der Waals surface area contributed by atoms with Gasteiger partial charge in [0.05, 0.1) is 11.8 Å². The summed E-state index contributed by atoms with van der Waals surface area (Å²) >= 11 is 0. The number of benzene rings is 2. The molecule has 0 saturated heterocycles. The van der Waals surface area contributed by atoms with E-state index in [0.717, 1.165) is 5.56 Å². The minimum Gasteiger partial charge on any atom is -0.379 e. The second kappa shape index (κ2) is 9.45. The number of hydrogen-bond acceptors (Lipinski definition) is 4. The largest absolute Gasteiger partial charge is 0.379 e. The molecule has 0 aliphatic carbocycles. The Morgan fingerprint density at radius 1 is 1.07 bits per heavy atom. The van der Waals surface area contributed by atoms with Crippen molar-refractivity contribution in [2.24, 2.45) is 0 Å². The number of nitrogens with zero attached hydrogens (tertiary/aromatic N) is 1. The summed E-state index contributed by atoms with van der Waals surface area (Å²) in [5.41, 5.74) is 2.44. The summed E-state index contributed by atoms with van der Waals surface area (Å²) in [6, 6.07) is 16.5. The molecule has 1 amide bonds. The molecule has 0 fully saturated rings. The van der Waals surface area contributed by atoms with E-state index in [-0.39, 0.29) is 17.6 Å². The zero-order valence-corrected chi connectivity index (χ0v) is 18.4. The Bertz CT molecular complexity index is 1030. The second-order valence-corrected chi connectivity index (χ2v) is 9.09. The Hall–Kier alpha value is -2.64. The third kappa shape index (κ3) is 4.42. The van der Waals surface area contributed by atoms with Crippen molar-refractivity contribution in [1.29, 1.82) is 0 Å². The SMILES string of the molecule is CCN1c2ccccc2C(c2ccccc2)=C(C(=O)NCCCOC(C)C)S1(=O)=O. The maximum Gasteiger partial charge on any atom is 0.270 e. The molecule has 6 nitrogen and oxygen atoms in total. The fraction of sp³-hybridized carbons (Fsp3) is 0.348. The van der Waals surface area contributed by atoms with Crippen molar-refractivity contribution in [2.45, 2.75) is 33.3 Å². The highest BCUT2D eigenvalue weighted by Crippen LogP contribution is 2.42. The molecule has 0 bridgehead atoms. The third-order valence-corrected chi connectivity index (χ3v) is 6.77. The first-order chi connectivity index (χ1) is 14.4. The molecule has 1 heterocycles. The lowest BCUT2D eigenvalue weighted by molar-refractivity contribution is -0.116. The molecule has 3 rings (SSSR count). The van der Waals surface area contributed by atoms with Gasteiger partial charge in [-0.1, -0.05) is 48.5 Å². The quantitative estimate of drug-likeness (QED) is 0.653. The number of amides is 1. The molecule has 30 heavy (non-hydrogen) atoms. The Morgan fingerprint density at radius 3 is 2.40 bits per heavy atom. The van der Waals surface area contributed by atoms with E-state index in [1.807, 2.05) is 56.3 Å². The molecule has 0 atom stereocenters. The van der Waals surface area contributed by atoms with E-state index in [2.05, 4.69) is 5.32 Å². The Labute approximate surface area is 178 Å². The fourth-order valence-corrected chi connectivity index (χ4v) is 5.30. The summed E-state index contributed by atoms with van der Waals surface area (Å²) in [5.74, 6) is -0.591. The van der Waals surface area contributed by atoms with Crippen molar-refractivity contribution >= 4 is 27.2 Å². The highest BCUT2D eigenvalue weighted by atomic mass is 32.2. The fourth-order valence-electron chi connectivity index (χ4n) is 3.53. The zero-order chi connectivity index (χ0) is 21.7. The van der Waals surface area contributed by atoms with E-state index in [1.165, 1.54) is 4.31 Å². The van der Waals surface area contributed by atoms with Crippen molar-refractivity contribution in [3.63, 3.8) is 0 Å². The molecule has 7 heteroatoms. The summed E-state index contributed by atoms with van der Waals surface area (Å²) in [7, 11) is -4.01. The Morgan fingerprint density at radius 2 is 1.73 bits per heavy atom. The van der Waals surface area contributed by atoms with Crippen molar-refractivity contribution in [2.75, 3.05) is 24.0 Å². The van der Waals surface area contributed by atoms with Crippen LogP contribution >= 0.6 is 0 Å². The van der Waals surface area contributed by atoms with Gasteiger partial charge in [-0.2, -0.15) is 0 Å².